The molecule has 2 aromatic rings. The summed E-state index contributed by atoms with van der Waals surface area (Å²) < 4.78 is 4.77. The van der Waals surface area contributed by atoms with Gasteiger partial charge in [-0.1, -0.05) is 30.3 Å². The molecule has 1 aromatic carbocycles. The van der Waals surface area contributed by atoms with Crippen LogP contribution in [0.25, 0.3) is 0 Å². The Morgan fingerprint density at radius 1 is 1.43 bits per heavy atom. The van der Waals surface area contributed by atoms with E-state index in [4.69, 9.17) is 15.7 Å². The fraction of sp³-hybridized carbons (Fsp3) is 0.200. The van der Waals surface area contributed by atoms with E-state index in [1.165, 1.54) is 18.4 Å². The van der Waals surface area contributed by atoms with Crippen LogP contribution in [0, 0.1) is 11.3 Å². The van der Waals surface area contributed by atoms with Crippen LogP contribution < -0.4 is 10.6 Å². The molecule has 1 heterocycles. The van der Waals surface area contributed by atoms with Gasteiger partial charge in [-0.05, 0) is 5.56 Å². The summed E-state index contributed by atoms with van der Waals surface area (Å²) in [5, 5.41) is 9.73. The van der Waals surface area contributed by atoms with Crippen molar-refractivity contribution in [3.8, 4) is 6.07 Å². The van der Waals surface area contributed by atoms with Crippen molar-refractivity contribution < 1.29 is 9.53 Å². The summed E-state index contributed by atoms with van der Waals surface area (Å²) in [5.74, 6) is -0.528. The Balaban J connectivity index is 2.38. The predicted molar refractivity (Wildman–Crippen MR) is 83.3 cm³/mol. The molecule has 2 N–H and O–H groups in total. The van der Waals surface area contributed by atoms with E-state index in [1.807, 2.05) is 48.3 Å². The minimum atomic E-state index is -0.528. The van der Waals surface area contributed by atoms with Crippen LogP contribution in [0.5, 0.6) is 0 Å². The van der Waals surface area contributed by atoms with Gasteiger partial charge >= 0.3 is 5.97 Å². The molecule has 0 aliphatic heterocycles. The van der Waals surface area contributed by atoms with Gasteiger partial charge in [0.25, 0.3) is 0 Å². The quantitative estimate of drug-likeness (QED) is 0.878. The van der Waals surface area contributed by atoms with Crippen molar-refractivity contribution in [2.45, 2.75) is 6.54 Å². The number of esters is 1. The molecular formula is C15H15N3O2S. The average molecular weight is 301 g/mol. The molecule has 0 aliphatic carbocycles. The molecule has 21 heavy (non-hydrogen) atoms. The molecule has 0 saturated carbocycles. The van der Waals surface area contributed by atoms with Gasteiger partial charge in [0.1, 0.15) is 21.5 Å². The summed E-state index contributed by atoms with van der Waals surface area (Å²) in [5.41, 5.74) is 7.43. The molecule has 0 unspecified atom stereocenters. The first-order valence-corrected chi connectivity index (χ1v) is 7.05. The second kappa shape index (κ2) is 6.29. The standard InChI is InChI=1S/C15H15N3O2S/c1-18(9-10-6-4-3-5-7-10)14-12(15(19)20-2)13(17)11(8-16)21-14/h3-7H,9,17H2,1-2H3. The maximum absolute atomic E-state index is 11.9. The largest absolute Gasteiger partial charge is 0.465 e. The van der Waals surface area contributed by atoms with E-state index in [-0.39, 0.29) is 11.3 Å². The molecule has 0 spiro atoms. The van der Waals surface area contributed by atoms with Gasteiger partial charge in [-0.3, -0.25) is 0 Å². The summed E-state index contributed by atoms with van der Waals surface area (Å²) in [7, 11) is 3.15. The zero-order valence-electron chi connectivity index (χ0n) is 11.8. The summed E-state index contributed by atoms with van der Waals surface area (Å²) in [6.07, 6.45) is 0. The Kier molecular flexibility index (Phi) is 4.45. The number of nitrogens with zero attached hydrogens (tertiary/aromatic N) is 2. The minimum absolute atomic E-state index is 0.185. The minimum Gasteiger partial charge on any atom is -0.465 e. The number of nitriles is 1. The Morgan fingerprint density at radius 3 is 2.67 bits per heavy atom. The van der Waals surface area contributed by atoms with Gasteiger partial charge in [0.15, 0.2) is 0 Å². The molecule has 0 saturated heterocycles. The molecule has 0 amide bonds. The van der Waals surface area contributed by atoms with Gasteiger partial charge in [-0.25, -0.2) is 4.79 Å². The third-order valence-electron chi connectivity index (χ3n) is 3.03. The number of hydrogen-bond acceptors (Lipinski definition) is 6. The van der Waals surface area contributed by atoms with Crippen molar-refractivity contribution in [3.05, 3.63) is 46.3 Å². The van der Waals surface area contributed by atoms with Crippen LogP contribution in [0.3, 0.4) is 0 Å². The zero-order valence-corrected chi connectivity index (χ0v) is 12.6. The van der Waals surface area contributed by atoms with Crippen molar-refractivity contribution in [1.82, 2.24) is 0 Å². The van der Waals surface area contributed by atoms with Crippen LogP contribution in [0.2, 0.25) is 0 Å². The van der Waals surface area contributed by atoms with Crippen LogP contribution in [0.4, 0.5) is 10.7 Å². The molecule has 0 radical (unpaired) electrons. The highest BCUT2D eigenvalue weighted by molar-refractivity contribution is 7.17. The van der Waals surface area contributed by atoms with Crippen molar-refractivity contribution in [2.75, 3.05) is 24.8 Å². The second-order valence-electron chi connectivity index (χ2n) is 4.47. The SMILES string of the molecule is COC(=O)c1c(N(C)Cc2ccccc2)sc(C#N)c1N. The lowest BCUT2D eigenvalue weighted by molar-refractivity contribution is 0.0603. The summed E-state index contributed by atoms with van der Waals surface area (Å²) >= 11 is 1.20. The lowest BCUT2D eigenvalue weighted by Crippen LogP contribution is -2.18. The van der Waals surface area contributed by atoms with Crippen molar-refractivity contribution in [1.29, 1.82) is 5.26 Å². The third-order valence-corrected chi connectivity index (χ3v) is 4.25. The van der Waals surface area contributed by atoms with Gasteiger partial charge < -0.3 is 15.4 Å². The first kappa shape index (κ1) is 14.9. The number of thiophene rings is 1. The Labute approximate surface area is 127 Å². The van der Waals surface area contributed by atoms with Gasteiger partial charge in [0.05, 0.1) is 12.8 Å². The third kappa shape index (κ3) is 2.98. The van der Waals surface area contributed by atoms with E-state index in [0.717, 1.165) is 5.56 Å². The van der Waals surface area contributed by atoms with Crippen LogP contribution in [0.15, 0.2) is 30.3 Å². The molecule has 5 nitrogen and oxygen atoms in total. The highest BCUT2D eigenvalue weighted by atomic mass is 32.1. The fourth-order valence-corrected chi connectivity index (χ4v) is 2.98. The summed E-state index contributed by atoms with van der Waals surface area (Å²) in [6.45, 7) is 0.607. The maximum atomic E-state index is 11.9. The predicted octanol–water partition coefficient (Wildman–Crippen LogP) is 2.62. The van der Waals surface area contributed by atoms with E-state index in [1.54, 1.807) is 0 Å². The Morgan fingerprint density at radius 2 is 2.10 bits per heavy atom. The summed E-state index contributed by atoms with van der Waals surface area (Å²) in [6, 6.07) is 11.9. The highest BCUT2D eigenvalue weighted by Gasteiger charge is 2.25. The first-order valence-electron chi connectivity index (χ1n) is 6.24. The maximum Gasteiger partial charge on any atom is 0.343 e. The zero-order chi connectivity index (χ0) is 15.4. The number of ether oxygens (including phenoxy) is 1. The first-order chi connectivity index (χ1) is 10.1. The van der Waals surface area contributed by atoms with E-state index in [9.17, 15) is 4.79 Å². The van der Waals surface area contributed by atoms with Crippen LogP contribution in [0.1, 0.15) is 20.8 Å². The van der Waals surface area contributed by atoms with Gasteiger partial charge in [0.2, 0.25) is 0 Å². The van der Waals surface area contributed by atoms with Crippen LogP contribution >= 0.6 is 11.3 Å². The van der Waals surface area contributed by atoms with Gasteiger partial charge in [0, 0.05) is 13.6 Å². The molecule has 0 bridgehead atoms. The van der Waals surface area contributed by atoms with Crippen molar-refractivity contribution >= 4 is 28.0 Å². The topological polar surface area (TPSA) is 79.3 Å². The van der Waals surface area contributed by atoms with E-state index < -0.39 is 5.97 Å². The molecule has 6 heteroatoms. The number of methoxy groups -OCH3 is 1. The number of nitrogen functional groups attached to an aromatic ring is 1. The monoisotopic (exact) mass is 301 g/mol. The lowest BCUT2D eigenvalue weighted by Gasteiger charge is -2.18. The van der Waals surface area contributed by atoms with Gasteiger partial charge in [-0.15, -0.1) is 11.3 Å². The van der Waals surface area contributed by atoms with Crippen molar-refractivity contribution in [2.24, 2.45) is 0 Å². The normalized spacial score (nSPS) is 9.95. The van der Waals surface area contributed by atoms with Crippen LogP contribution in [-0.4, -0.2) is 20.1 Å². The highest BCUT2D eigenvalue weighted by Crippen LogP contribution is 2.38. The molecule has 108 valence electrons. The smallest absolute Gasteiger partial charge is 0.343 e. The molecular weight excluding hydrogens is 286 g/mol. The molecule has 1 aromatic heterocycles. The number of hydrogen-bond donors (Lipinski definition) is 1. The second-order valence-corrected chi connectivity index (χ2v) is 5.47. The number of nitrogens with two attached hydrogens (primary N) is 1. The van der Waals surface area contributed by atoms with E-state index in [0.29, 0.717) is 16.4 Å². The lowest BCUT2D eigenvalue weighted by atomic mass is 10.2. The Hall–Kier alpha value is -2.52. The molecule has 2 rings (SSSR count). The van der Waals surface area contributed by atoms with Crippen LogP contribution in [-0.2, 0) is 11.3 Å². The molecule has 0 fully saturated rings. The fourth-order valence-electron chi connectivity index (χ4n) is 2.01. The number of anilines is 2. The number of carbonyl (C=O) groups is 1. The number of benzene rings is 1. The van der Waals surface area contributed by atoms with Gasteiger partial charge in [-0.2, -0.15) is 5.26 Å². The molecule has 0 aliphatic rings. The van der Waals surface area contributed by atoms with E-state index in [2.05, 4.69) is 0 Å². The number of carbonyl (C=O) groups excluding carboxylic acids is 1. The van der Waals surface area contributed by atoms with E-state index >= 15 is 0 Å². The van der Waals surface area contributed by atoms with Crippen molar-refractivity contribution in [3.63, 3.8) is 0 Å². The summed E-state index contributed by atoms with van der Waals surface area (Å²) in [4.78, 5) is 14.1. The molecule has 0 atom stereocenters. The number of rotatable bonds is 4. The average Bonchev–Trinajstić information content (AvgIpc) is 2.84. The Bertz CT molecular complexity index is 689.